The molecule has 2 saturated heterocycles. The van der Waals surface area contributed by atoms with Gasteiger partial charge in [-0.1, -0.05) is 20.8 Å². The lowest BCUT2D eigenvalue weighted by Crippen LogP contribution is -2.68. The van der Waals surface area contributed by atoms with Crippen LogP contribution in [0.5, 0.6) is 0 Å². The predicted molar refractivity (Wildman–Crippen MR) is 76.8 cm³/mol. The maximum Gasteiger partial charge on any atom is 0.225 e. The maximum atomic E-state index is 11.9. The molecule has 1 aliphatic carbocycles. The monoisotopic (exact) mass is 264 g/mol. The van der Waals surface area contributed by atoms with Crippen molar-refractivity contribution in [2.24, 2.45) is 17.3 Å². The van der Waals surface area contributed by atoms with Crippen molar-refractivity contribution in [3.05, 3.63) is 0 Å². The molecule has 3 aliphatic rings. The highest BCUT2D eigenvalue weighted by atomic mass is 16.2. The second-order valence-corrected chi connectivity index (χ2v) is 7.63. The number of piperidine rings is 1. The molecule has 3 heteroatoms. The van der Waals surface area contributed by atoms with Crippen LogP contribution in [-0.4, -0.2) is 47.9 Å². The summed E-state index contributed by atoms with van der Waals surface area (Å²) in [6, 6.07) is 0.823. The van der Waals surface area contributed by atoms with Crippen LogP contribution in [-0.2, 0) is 4.79 Å². The Balaban J connectivity index is 1.43. The van der Waals surface area contributed by atoms with E-state index in [0.29, 0.717) is 11.3 Å². The Morgan fingerprint density at radius 2 is 1.74 bits per heavy atom. The number of likely N-dealkylation sites (tertiary alicyclic amines) is 2. The summed E-state index contributed by atoms with van der Waals surface area (Å²) in [7, 11) is 0. The Morgan fingerprint density at radius 3 is 2.26 bits per heavy atom. The van der Waals surface area contributed by atoms with Crippen LogP contribution in [0.15, 0.2) is 0 Å². The van der Waals surface area contributed by atoms with Crippen molar-refractivity contribution < 1.29 is 4.79 Å². The standard InChI is InChI=1S/C16H28N2O/c1-12(2)15(19)18-10-16(11-18)8-14(9-16)17-6-4-13(3)5-7-17/h12-14H,4-11H2,1-3H3. The zero-order valence-corrected chi connectivity index (χ0v) is 12.7. The minimum absolute atomic E-state index is 0.164. The minimum atomic E-state index is 0.164. The van der Waals surface area contributed by atoms with Crippen molar-refractivity contribution >= 4 is 5.91 Å². The molecular formula is C16H28N2O. The van der Waals surface area contributed by atoms with Crippen LogP contribution in [0.4, 0.5) is 0 Å². The summed E-state index contributed by atoms with van der Waals surface area (Å²) in [5.74, 6) is 1.44. The van der Waals surface area contributed by atoms with Crippen LogP contribution in [0.25, 0.3) is 0 Å². The maximum absolute atomic E-state index is 11.9. The number of hydrogen-bond acceptors (Lipinski definition) is 2. The minimum Gasteiger partial charge on any atom is -0.341 e. The predicted octanol–water partition coefficient (Wildman–Crippen LogP) is 2.37. The molecule has 1 spiro atoms. The van der Waals surface area contributed by atoms with Gasteiger partial charge in [-0.2, -0.15) is 0 Å². The van der Waals surface area contributed by atoms with Gasteiger partial charge >= 0.3 is 0 Å². The van der Waals surface area contributed by atoms with Crippen LogP contribution >= 0.6 is 0 Å². The van der Waals surface area contributed by atoms with Crippen molar-refractivity contribution in [2.75, 3.05) is 26.2 Å². The van der Waals surface area contributed by atoms with E-state index < -0.39 is 0 Å². The summed E-state index contributed by atoms with van der Waals surface area (Å²) in [4.78, 5) is 16.7. The van der Waals surface area contributed by atoms with Crippen LogP contribution in [0, 0.1) is 17.3 Å². The first-order chi connectivity index (χ1) is 8.99. The molecule has 3 rings (SSSR count). The number of carbonyl (C=O) groups is 1. The van der Waals surface area contributed by atoms with Crippen molar-refractivity contribution in [3.8, 4) is 0 Å². The Kier molecular flexibility index (Phi) is 3.36. The van der Waals surface area contributed by atoms with Crippen LogP contribution in [0.3, 0.4) is 0 Å². The first kappa shape index (κ1) is 13.4. The van der Waals surface area contributed by atoms with E-state index in [1.54, 1.807) is 0 Å². The average Bonchev–Trinajstić information content (AvgIpc) is 2.27. The SMILES string of the molecule is CC1CCN(C2CC3(C2)CN(C(=O)C(C)C)C3)CC1. The molecular weight excluding hydrogens is 236 g/mol. The Hall–Kier alpha value is -0.570. The van der Waals surface area contributed by atoms with Gasteiger partial charge in [0, 0.05) is 30.5 Å². The first-order valence-electron chi connectivity index (χ1n) is 8.02. The normalized spacial score (nSPS) is 28.5. The van der Waals surface area contributed by atoms with E-state index in [4.69, 9.17) is 0 Å². The fourth-order valence-electron chi connectivity index (χ4n) is 4.13. The van der Waals surface area contributed by atoms with Crippen molar-refractivity contribution in [3.63, 3.8) is 0 Å². The summed E-state index contributed by atoms with van der Waals surface area (Å²) in [6.07, 6.45) is 5.43. The molecule has 2 aliphatic heterocycles. The Morgan fingerprint density at radius 1 is 1.16 bits per heavy atom. The number of amides is 1. The van der Waals surface area contributed by atoms with Gasteiger partial charge in [-0.3, -0.25) is 4.79 Å². The van der Waals surface area contributed by atoms with E-state index in [1.807, 2.05) is 13.8 Å². The summed E-state index contributed by atoms with van der Waals surface area (Å²) in [6.45, 7) is 11.1. The largest absolute Gasteiger partial charge is 0.341 e. The third-order valence-electron chi connectivity index (χ3n) is 5.53. The van der Waals surface area contributed by atoms with Gasteiger partial charge in [0.25, 0.3) is 0 Å². The molecule has 0 unspecified atom stereocenters. The molecule has 108 valence electrons. The third kappa shape index (κ3) is 2.42. The third-order valence-corrected chi connectivity index (χ3v) is 5.53. The highest BCUT2D eigenvalue weighted by Gasteiger charge is 2.55. The van der Waals surface area contributed by atoms with Gasteiger partial charge in [0.05, 0.1) is 0 Å². The number of hydrogen-bond donors (Lipinski definition) is 0. The van der Waals surface area contributed by atoms with Gasteiger partial charge in [0.2, 0.25) is 5.91 Å². The van der Waals surface area contributed by atoms with E-state index in [2.05, 4.69) is 16.7 Å². The van der Waals surface area contributed by atoms with E-state index >= 15 is 0 Å². The molecule has 0 bridgehead atoms. The highest BCUT2D eigenvalue weighted by molar-refractivity contribution is 5.79. The van der Waals surface area contributed by atoms with Crippen molar-refractivity contribution in [1.29, 1.82) is 0 Å². The van der Waals surface area contributed by atoms with E-state index in [-0.39, 0.29) is 5.92 Å². The average molecular weight is 264 g/mol. The van der Waals surface area contributed by atoms with E-state index in [1.165, 1.54) is 38.8 Å². The Bertz CT molecular complexity index is 344. The second-order valence-electron chi connectivity index (χ2n) is 7.63. The first-order valence-corrected chi connectivity index (χ1v) is 8.02. The summed E-state index contributed by atoms with van der Waals surface area (Å²) >= 11 is 0. The molecule has 0 aromatic rings. The molecule has 2 heterocycles. The van der Waals surface area contributed by atoms with Gasteiger partial charge in [-0.05, 0) is 44.7 Å². The lowest BCUT2D eigenvalue weighted by Gasteiger charge is -2.61. The molecule has 3 nitrogen and oxygen atoms in total. The lowest BCUT2D eigenvalue weighted by molar-refractivity contribution is -0.161. The summed E-state index contributed by atoms with van der Waals surface area (Å²) in [5, 5.41) is 0. The zero-order valence-electron chi connectivity index (χ0n) is 12.7. The van der Waals surface area contributed by atoms with Gasteiger partial charge in [-0.25, -0.2) is 0 Å². The van der Waals surface area contributed by atoms with E-state index in [9.17, 15) is 4.79 Å². The molecule has 3 fully saturated rings. The van der Waals surface area contributed by atoms with Crippen LogP contribution in [0.2, 0.25) is 0 Å². The van der Waals surface area contributed by atoms with Crippen molar-refractivity contribution in [1.82, 2.24) is 9.80 Å². The molecule has 0 aromatic carbocycles. The van der Waals surface area contributed by atoms with Gasteiger partial charge in [-0.15, -0.1) is 0 Å². The van der Waals surface area contributed by atoms with Crippen LogP contribution < -0.4 is 0 Å². The number of rotatable bonds is 2. The molecule has 1 amide bonds. The number of carbonyl (C=O) groups excluding carboxylic acids is 1. The van der Waals surface area contributed by atoms with Crippen molar-refractivity contribution in [2.45, 2.75) is 52.5 Å². The zero-order chi connectivity index (χ0) is 13.6. The van der Waals surface area contributed by atoms with Gasteiger partial charge < -0.3 is 9.80 Å². The highest BCUT2D eigenvalue weighted by Crippen LogP contribution is 2.50. The molecule has 19 heavy (non-hydrogen) atoms. The molecule has 0 aromatic heterocycles. The lowest BCUT2D eigenvalue weighted by atomic mass is 9.60. The second kappa shape index (κ2) is 4.76. The van der Waals surface area contributed by atoms with E-state index in [0.717, 1.165) is 25.0 Å². The fraction of sp³-hybridized carbons (Fsp3) is 0.938. The molecule has 0 N–H and O–H groups in total. The fourth-order valence-corrected chi connectivity index (χ4v) is 4.13. The molecule has 1 saturated carbocycles. The summed E-state index contributed by atoms with van der Waals surface area (Å²) in [5.41, 5.74) is 0.512. The Labute approximate surface area is 117 Å². The number of nitrogens with zero attached hydrogens (tertiary/aromatic N) is 2. The molecule has 0 radical (unpaired) electrons. The smallest absolute Gasteiger partial charge is 0.225 e. The van der Waals surface area contributed by atoms with Gasteiger partial charge in [0.1, 0.15) is 0 Å². The van der Waals surface area contributed by atoms with Gasteiger partial charge in [0.15, 0.2) is 0 Å². The quantitative estimate of drug-likeness (QED) is 0.764. The topological polar surface area (TPSA) is 23.6 Å². The van der Waals surface area contributed by atoms with Crippen LogP contribution in [0.1, 0.15) is 46.5 Å². The summed E-state index contributed by atoms with van der Waals surface area (Å²) < 4.78 is 0. The molecule has 0 atom stereocenters.